The van der Waals surface area contributed by atoms with Crippen LogP contribution < -0.4 is 15.4 Å². The van der Waals surface area contributed by atoms with Crippen LogP contribution in [-0.4, -0.2) is 50.3 Å². The number of nitrogens with one attached hydrogen (secondary N) is 2. The number of methoxy groups -OCH3 is 1. The van der Waals surface area contributed by atoms with Crippen LogP contribution in [0.5, 0.6) is 5.75 Å². The number of carbonyl (C=O) groups excluding carboxylic acids is 2. The molecule has 1 aliphatic heterocycles. The van der Waals surface area contributed by atoms with E-state index >= 15 is 0 Å². The summed E-state index contributed by atoms with van der Waals surface area (Å²) in [5, 5.41) is 5.74. The lowest BCUT2D eigenvalue weighted by Gasteiger charge is -2.21. The summed E-state index contributed by atoms with van der Waals surface area (Å²) < 4.78 is 20.5. The van der Waals surface area contributed by atoms with Crippen molar-refractivity contribution in [3.05, 3.63) is 24.3 Å². The third kappa shape index (κ3) is 6.06. The lowest BCUT2D eigenvalue weighted by Crippen LogP contribution is -2.42. The highest BCUT2D eigenvalue weighted by molar-refractivity contribution is 5.68. The molecule has 8 nitrogen and oxygen atoms in total. The molecule has 1 aliphatic rings. The van der Waals surface area contributed by atoms with E-state index in [0.29, 0.717) is 6.54 Å². The molecular formula is C17H24N2O6. The number of amides is 1. The number of ether oxygens (including phenoxy) is 4. The Morgan fingerprint density at radius 1 is 1.12 bits per heavy atom. The average molecular weight is 352 g/mol. The maximum absolute atomic E-state index is 11.7. The van der Waals surface area contributed by atoms with Gasteiger partial charge in [0.1, 0.15) is 11.4 Å². The Bertz CT molecular complexity index is 596. The zero-order valence-electron chi connectivity index (χ0n) is 14.8. The molecule has 1 fully saturated rings. The first-order valence-electron chi connectivity index (χ1n) is 7.99. The Labute approximate surface area is 146 Å². The summed E-state index contributed by atoms with van der Waals surface area (Å²) in [6.45, 7) is 5.76. The molecular weight excluding hydrogens is 328 g/mol. The minimum atomic E-state index is -0.752. The van der Waals surface area contributed by atoms with Crippen LogP contribution in [0.4, 0.5) is 15.3 Å². The summed E-state index contributed by atoms with van der Waals surface area (Å²) in [7, 11) is 1.60. The van der Waals surface area contributed by atoms with Crippen LogP contribution in [0.3, 0.4) is 0 Å². The molecule has 0 saturated carbocycles. The van der Waals surface area contributed by atoms with Crippen molar-refractivity contribution in [2.45, 2.75) is 38.6 Å². The number of carbonyl (C=O) groups is 2. The molecule has 2 atom stereocenters. The molecule has 0 aromatic heterocycles. The SMILES string of the molecule is COc1ccc(NCC2OC(=O)O[C@@H]2CNC(=O)OC(C)(C)C)cc1. The molecule has 1 heterocycles. The van der Waals surface area contributed by atoms with Gasteiger partial charge in [0.2, 0.25) is 0 Å². The van der Waals surface area contributed by atoms with Gasteiger partial charge in [-0.05, 0) is 45.0 Å². The third-order valence-corrected chi connectivity index (χ3v) is 3.35. The van der Waals surface area contributed by atoms with Crippen LogP contribution in [0, 0.1) is 0 Å². The van der Waals surface area contributed by atoms with E-state index < -0.39 is 30.1 Å². The number of alkyl carbamates (subject to hydrolysis) is 1. The van der Waals surface area contributed by atoms with Crippen LogP contribution in [0.2, 0.25) is 0 Å². The number of hydrogen-bond donors (Lipinski definition) is 2. The lowest BCUT2D eigenvalue weighted by molar-refractivity contribution is 0.0488. The van der Waals surface area contributed by atoms with Crippen molar-refractivity contribution in [3.63, 3.8) is 0 Å². The topological polar surface area (TPSA) is 95.1 Å². The van der Waals surface area contributed by atoms with E-state index in [1.165, 1.54) is 0 Å². The van der Waals surface area contributed by atoms with Gasteiger partial charge in [0, 0.05) is 5.69 Å². The zero-order valence-corrected chi connectivity index (χ0v) is 14.8. The summed E-state index contributed by atoms with van der Waals surface area (Å²) in [6, 6.07) is 7.34. The highest BCUT2D eigenvalue weighted by atomic mass is 16.8. The van der Waals surface area contributed by atoms with Crippen LogP contribution in [0.1, 0.15) is 20.8 Å². The summed E-state index contributed by atoms with van der Waals surface area (Å²) in [6.07, 6.45) is -2.44. The van der Waals surface area contributed by atoms with Crippen molar-refractivity contribution in [1.82, 2.24) is 5.32 Å². The molecule has 0 aliphatic carbocycles. The minimum absolute atomic E-state index is 0.107. The second-order valence-corrected chi connectivity index (χ2v) is 6.55. The molecule has 1 aromatic rings. The van der Waals surface area contributed by atoms with Crippen molar-refractivity contribution in [2.75, 3.05) is 25.5 Å². The van der Waals surface area contributed by atoms with Crippen molar-refractivity contribution in [3.8, 4) is 5.75 Å². The van der Waals surface area contributed by atoms with Crippen LogP contribution in [0.25, 0.3) is 0 Å². The van der Waals surface area contributed by atoms with E-state index in [1.807, 2.05) is 24.3 Å². The normalized spacial score (nSPS) is 19.6. The molecule has 1 amide bonds. The molecule has 25 heavy (non-hydrogen) atoms. The van der Waals surface area contributed by atoms with E-state index in [0.717, 1.165) is 11.4 Å². The largest absolute Gasteiger partial charge is 0.509 e. The predicted octanol–water partition coefficient (Wildman–Crippen LogP) is 2.54. The van der Waals surface area contributed by atoms with Gasteiger partial charge >= 0.3 is 12.2 Å². The summed E-state index contributed by atoms with van der Waals surface area (Å²) in [4.78, 5) is 23.1. The molecule has 1 aromatic carbocycles. The Kier molecular flexibility index (Phi) is 5.95. The average Bonchev–Trinajstić information content (AvgIpc) is 2.90. The van der Waals surface area contributed by atoms with Gasteiger partial charge in [0.05, 0.1) is 20.2 Å². The van der Waals surface area contributed by atoms with Gasteiger partial charge in [-0.2, -0.15) is 0 Å². The van der Waals surface area contributed by atoms with Gasteiger partial charge in [0.15, 0.2) is 12.2 Å². The molecule has 0 radical (unpaired) electrons. The Hall–Kier alpha value is -2.64. The fourth-order valence-electron chi connectivity index (χ4n) is 2.20. The second-order valence-electron chi connectivity index (χ2n) is 6.55. The van der Waals surface area contributed by atoms with Gasteiger partial charge in [-0.15, -0.1) is 0 Å². The summed E-state index contributed by atoms with van der Waals surface area (Å²) in [5.74, 6) is 0.751. The molecule has 1 unspecified atom stereocenters. The van der Waals surface area contributed by atoms with Crippen LogP contribution in [0.15, 0.2) is 24.3 Å². The molecule has 138 valence electrons. The number of rotatable bonds is 6. The van der Waals surface area contributed by atoms with Crippen LogP contribution in [-0.2, 0) is 14.2 Å². The number of benzene rings is 1. The minimum Gasteiger partial charge on any atom is -0.497 e. The Morgan fingerprint density at radius 3 is 2.28 bits per heavy atom. The van der Waals surface area contributed by atoms with E-state index in [4.69, 9.17) is 18.9 Å². The van der Waals surface area contributed by atoms with Crippen molar-refractivity contribution in [2.24, 2.45) is 0 Å². The molecule has 2 rings (SSSR count). The highest BCUT2D eigenvalue weighted by Gasteiger charge is 2.37. The standard InChI is InChI=1S/C17H24N2O6/c1-17(2,3)25-15(20)19-10-14-13(23-16(21)24-14)9-18-11-5-7-12(22-4)8-6-11/h5-8,13-14,18H,9-10H2,1-4H3,(H,19,20)/t13?,14-/m1/s1. The van der Waals surface area contributed by atoms with Gasteiger partial charge in [-0.3, -0.25) is 0 Å². The molecule has 0 bridgehead atoms. The summed E-state index contributed by atoms with van der Waals surface area (Å²) >= 11 is 0. The fraction of sp³-hybridized carbons (Fsp3) is 0.529. The molecule has 0 spiro atoms. The first kappa shape index (κ1) is 18.7. The number of hydrogen-bond acceptors (Lipinski definition) is 7. The first-order chi connectivity index (χ1) is 11.8. The zero-order chi connectivity index (χ0) is 18.4. The van der Waals surface area contributed by atoms with Crippen molar-refractivity contribution >= 4 is 17.9 Å². The Balaban J connectivity index is 1.83. The van der Waals surface area contributed by atoms with Gasteiger partial charge in [0.25, 0.3) is 0 Å². The number of anilines is 1. The van der Waals surface area contributed by atoms with Gasteiger partial charge in [-0.1, -0.05) is 0 Å². The molecule has 8 heteroatoms. The number of cyclic esters (lactones) is 2. The van der Waals surface area contributed by atoms with Gasteiger partial charge in [-0.25, -0.2) is 9.59 Å². The lowest BCUT2D eigenvalue weighted by atomic mass is 10.2. The smallest absolute Gasteiger partial charge is 0.497 e. The van der Waals surface area contributed by atoms with E-state index in [1.54, 1.807) is 27.9 Å². The highest BCUT2D eigenvalue weighted by Crippen LogP contribution is 2.18. The summed E-state index contributed by atoms with van der Waals surface area (Å²) in [5.41, 5.74) is 0.255. The molecule has 1 saturated heterocycles. The monoisotopic (exact) mass is 352 g/mol. The predicted molar refractivity (Wildman–Crippen MR) is 90.9 cm³/mol. The van der Waals surface area contributed by atoms with Crippen molar-refractivity contribution in [1.29, 1.82) is 0 Å². The molecule has 2 N–H and O–H groups in total. The Morgan fingerprint density at radius 2 is 1.72 bits per heavy atom. The van der Waals surface area contributed by atoms with Gasteiger partial charge < -0.3 is 29.6 Å². The fourth-order valence-corrected chi connectivity index (χ4v) is 2.20. The van der Waals surface area contributed by atoms with E-state index in [2.05, 4.69) is 10.6 Å². The quantitative estimate of drug-likeness (QED) is 0.760. The third-order valence-electron chi connectivity index (χ3n) is 3.35. The van der Waals surface area contributed by atoms with E-state index in [-0.39, 0.29) is 6.54 Å². The second kappa shape index (κ2) is 7.96. The van der Waals surface area contributed by atoms with E-state index in [9.17, 15) is 9.59 Å². The first-order valence-corrected chi connectivity index (χ1v) is 7.99. The maximum atomic E-state index is 11.7. The maximum Gasteiger partial charge on any atom is 0.509 e. The van der Waals surface area contributed by atoms with Crippen LogP contribution >= 0.6 is 0 Å². The van der Waals surface area contributed by atoms with Crippen molar-refractivity contribution < 1.29 is 28.5 Å².